The second-order valence-electron chi connectivity index (χ2n) is 3.69. The third kappa shape index (κ3) is 1.93. The Kier molecular flexibility index (Phi) is 2.95. The molecule has 88 valence electrons. The number of carbonyl (C=O) groups excluding carboxylic acids is 2. The molecule has 4 heteroatoms. The molecule has 17 heavy (non-hydrogen) atoms. The van der Waals surface area contributed by atoms with Crippen LogP contribution in [0.3, 0.4) is 0 Å². The summed E-state index contributed by atoms with van der Waals surface area (Å²) in [4.78, 5) is 24.9. The summed E-state index contributed by atoms with van der Waals surface area (Å²) in [5, 5.41) is 0. The van der Waals surface area contributed by atoms with E-state index in [1.165, 1.54) is 11.0 Å². The van der Waals surface area contributed by atoms with Crippen LogP contribution in [0, 0.1) is 0 Å². The molecule has 0 aliphatic carbocycles. The zero-order valence-electron chi connectivity index (χ0n) is 9.77. The van der Waals surface area contributed by atoms with Gasteiger partial charge in [-0.15, -0.1) is 0 Å². The van der Waals surface area contributed by atoms with E-state index in [0.717, 1.165) is 11.3 Å². The summed E-state index contributed by atoms with van der Waals surface area (Å²) in [5.41, 5.74) is 1.97. The fourth-order valence-electron chi connectivity index (χ4n) is 1.84. The van der Waals surface area contributed by atoms with E-state index in [4.69, 9.17) is 4.74 Å². The number of nitrogens with zero attached hydrogens (tertiary/aromatic N) is 1. The van der Waals surface area contributed by atoms with Gasteiger partial charge in [-0.3, -0.25) is 4.79 Å². The maximum absolute atomic E-state index is 12.0. The molecule has 1 amide bonds. The fraction of sp³-hybridized carbons (Fsp3) is 0.231. The van der Waals surface area contributed by atoms with Crippen molar-refractivity contribution >= 4 is 23.1 Å². The third-order valence-electron chi connectivity index (χ3n) is 2.64. The Labute approximate surface area is 99.5 Å². The van der Waals surface area contributed by atoms with Gasteiger partial charge in [0.2, 0.25) is 0 Å². The Hall–Kier alpha value is -2.10. The molecule has 2 rings (SSSR count). The number of amides is 1. The van der Waals surface area contributed by atoms with Crippen LogP contribution in [0.25, 0.3) is 5.57 Å². The average molecular weight is 231 g/mol. The van der Waals surface area contributed by atoms with Crippen LogP contribution in [0.1, 0.15) is 12.5 Å². The first kappa shape index (κ1) is 11.4. The van der Waals surface area contributed by atoms with Crippen LogP contribution in [0.2, 0.25) is 0 Å². The lowest BCUT2D eigenvalue weighted by atomic mass is 10.1. The first-order valence-electron chi connectivity index (χ1n) is 5.41. The standard InChI is InChI=1S/C13H13NO3/c1-3-17-12(15)8-10-9-6-4-5-7-11(9)14(2)13(10)16/h4-8H,3H2,1-2H3. The highest BCUT2D eigenvalue weighted by molar-refractivity contribution is 6.34. The van der Waals surface area contributed by atoms with E-state index < -0.39 is 5.97 Å². The predicted molar refractivity (Wildman–Crippen MR) is 64.5 cm³/mol. The third-order valence-corrected chi connectivity index (χ3v) is 2.64. The van der Waals surface area contributed by atoms with Gasteiger partial charge in [0.25, 0.3) is 5.91 Å². The number of carbonyl (C=O) groups is 2. The molecule has 0 N–H and O–H groups in total. The van der Waals surface area contributed by atoms with Crippen LogP contribution >= 0.6 is 0 Å². The molecule has 0 saturated carbocycles. The minimum atomic E-state index is -0.485. The maximum Gasteiger partial charge on any atom is 0.331 e. The molecule has 0 fully saturated rings. The van der Waals surface area contributed by atoms with Crippen molar-refractivity contribution in [2.75, 3.05) is 18.6 Å². The fourth-order valence-corrected chi connectivity index (χ4v) is 1.84. The Bertz CT molecular complexity index is 505. The molecule has 1 aliphatic heterocycles. The molecule has 0 atom stereocenters. The molecule has 1 aromatic rings. The van der Waals surface area contributed by atoms with Crippen LogP contribution in [-0.2, 0) is 14.3 Å². The minimum Gasteiger partial charge on any atom is -0.463 e. The highest BCUT2D eigenvalue weighted by atomic mass is 16.5. The van der Waals surface area contributed by atoms with Gasteiger partial charge >= 0.3 is 5.97 Å². The van der Waals surface area contributed by atoms with Gasteiger partial charge in [0, 0.05) is 18.7 Å². The first-order chi connectivity index (χ1) is 8.15. The molecular formula is C13H13NO3. The molecule has 0 bridgehead atoms. The van der Waals surface area contributed by atoms with E-state index in [-0.39, 0.29) is 5.91 Å². The molecule has 4 nitrogen and oxygen atoms in total. The van der Waals surface area contributed by atoms with Crippen LogP contribution in [0.15, 0.2) is 30.3 Å². The Morgan fingerprint density at radius 2 is 2.12 bits per heavy atom. The molecule has 1 aromatic carbocycles. The summed E-state index contributed by atoms with van der Waals surface area (Å²) >= 11 is 0. The largest absolute Gasteiger partial charge is 0.463 e. The van der Waals surface area contributed by atoms with Crippen molar-refractivity contribution in [1.82, 2.24) is 0 Å². The highest BCUT2D eigenvalue weighted by Crippen LogP contribution is 2.35. The van der Waals surface area contributed by atoms with Crippen LogP contribution in [0.4, 0.5) is 5.69 Å². The summed E-state index contributed by atoms with van der Waals surface area (Å²) in [6.45, 7) is 2.03. The summed E-state index contributed by atoms with van der Waals surface area (Å²) in [5.74, 6) is -0.666. The van der Waals surface area contributed by atoms with Gasteiger partial charge < -0.3 is 9.64 Å². The van der Waals surface area contributed by atoms with Crippen molar-refractivity contribution in [2.24, 2.45) is 0 Å². The predicted octanol–water partition coefficient (Wildman–Crippen LogP) is 1.61. The zero-order chi connectivity index (χ0) is 12.4. The van der Waals surface area contributed by atoms with Gasteiger partial charge in [0.15, 0.2) is 0 Å². The molecular weight excluding hydrogens is 218 g/mol. The zero-order valence-corrected chi connectivity index (χ0v) is 9.77. The molecule has 0 unspecified atom stereocenters. The van der Waals surface area contributed by atoms with E-state index in [2.05, 4.69) is 0 Å². The molecule has 0 aromatic heterocycles. The second-order valence-corrected chi connectivity index (χ2v) is 3.69. The summed E-state index contributed by atoms with van der Waals surface area (Å²) in [7, 11) is 1.69. The molecule has 0 saturated heterocycles. The first-order valence-corrected chi connectivity index (χ1v) is 5.41. The van der Waals surface area contributed by atoms with Gasteiger partial charge in [-0.1, -0.05) is 18.2 Å². The number of esters is 1. The number of hydrogen-bond donors (Lipinski definition) is 0. The average Bonchev–Trinajstić information content (AvgIpc) is 2.56. The van der Waals surface area contributed by atoms with E-state index >= 15 is 0 Å². The Morgan fingerprint density at radius 1 is 1.41 bits per heavy atom. The number of benzene rings is 1. The SMILES string of the molecule is CCOC(=O)C=C1C(=O)N(C)c2ccccc21. The maximum atomic E-state index is 12.0. The minimum absolute atomic E-state index is 0.181. The van der Waals surface area contributed by atoms with Crippen molar-refractivity contribution in [3.05, 3.63) is 35.9 Å². The van der Waals surface area contributed by atoms with Crippen LogP contribution < -0.4 is 4.90 Å². The van der Waals surface area contributed by atoms with Crippen LogP contribution in [0.5, 0.6) is 0 Å². The van der Waals surface area contributed by atoms with E-state index in [1.807, 2.05) is 24.3 Å². The van der Waals surface area contributed by atoms with Gasteiger partial charge in [0.05, 0.1) is 17.9 Å². The van der Waals surface area contributed by atoms with Gasteiger partial charge in [-0.2, -0.15) is 0 Å². The molecule has 0 spiro atoms. The topological polar surface area (TPSA) is 46.6 Å². The number of hydrogen-bond acceptors (Lipinski definition) is 3. The smallest absolute Gasteiger partial charge is 0.331 e. The van der Waals surface area contributed by atoms with Crippen molar-refractivity contribution in [1.29, 1.82) is 0 Å². The van der Waals surface area contributed by atoms with Crippen LogP contribution in [-0.4, -0.2) is 25.5 Å². The lowest BCUT2D eigenvalue weighted by Gasteiger charge is -2.07. The normalized spacial score (nSPS) is 16.2. The quantitative estimate of drug-likeness (QED) is 0.574. The Balaban J connectivity index is 2.43. The van der Waals surface area contributed by atoms with Gasteiger partial charge in [-0.05, 0) is 13.0 Å². The van der Waals surface area contributed by atoms with Gasteiger partial charge in [-0.25, -0.2) is 4.79 Å². The molecule has 1 heterocycles. The number of likely N-dealkylation sites (N-methyl/N-ethyl adjacent to an activating group) is 1. The lowest BCUT2D eigenvalue weighted by molar-refractivity contribution is -0.137. The summed E-state index contributed by atoms with van der Waals surface area (Å²) < 4.78 is 4.82. The van der Waals surface area contributed by atoms with E-state index in [1.54, 1.807) is 14.0 Å². The summed E-state index contributed by atoms with van der Waals surface area (Å²) in [6, 6.07) is 7.36. The molecule has 1 aliphatic rings. The number of fused-ring (bicyclic) bond motifs is 1. The monoisotopic (exact) mass is 231 g/mol. The van der Waals surface area contributed by atoms with Crippen molar-refractivity contribution in [3.63, 3.8) is 0 Å². The number of anilines is 1. The second kappa shape index (κ2) is 4.41. The van der Waals surface area contributed by atoms with Crippen molar-refractivity contribution in [2.45, 2.75) is 6.92 Å². The van der Waals surface area contributed by atoms with E-state index in [9.17, 15) is 9.59 Å². The number of para-hydroxylation sites is 1. The summed E-state index contributed by atoms with van der Waals surface area (Å²) in [6.07, 6.45) is 1.26. The number of ether oxygens (including phenoxy) is 1. The van der Waals surface area contributed by atoms with E-state index in [0.29, 0.717) is 12.2 Å². The highest BCUT2D eigenvalue weighted by Gasteiger charge is 2.29. The molecule has 0 radical (unpaired) electrons. The van der Waals surface area contributed by atoms with Crippen molar-refractivity contribution < 1.29 is 14.3 Å². The van der Waals surface area contributed by atoms with Crippen molar-refractivity contribution in [3.8, 4) is 0 Å². The lowest BCUT2D eigenvalue weighted by Crippen LogP contribution is -2.20. The Morgan fingerprint density at radius 3 is 2.82 bits per heavy atom. The van der Waals surface area contributed by atoms with Gasteiger partial charge in [0.1, 0.15) is 0 Å². The number of rotatable bonds is 2.